The molecule has 0 aromatic heterocycles. The van der Waals surface area contributed by atoms with Crippen LogP contribution in [0.15, 0.2) is 30.3 Å². The highest BCUT2D eigenvalue weighted by molar-refractivity contribution is 5.69. The number of ether oxygens (including phenoxy) is 1. The lowest BCUT2D eigenvalue weighted by molar-refractivity contribution is -0.139. The lowest BCUT2D eigenvalue weighted by atomic mass is 10.2. The van der Waals surface area contributed by atoms with Gasteiger partial charge in [0.25, 0.3) is 0 Å². The minimum absolute atomic E-state index is 0.340. The third-order valence-corrected chi connectivity index (χ3v) is 1.70. The summed E-state index contributed by atoms with van der Waals surface area (Å²) in [5, 5.41) is 8.48. The number of para-hydroxylation sites is 1. The molecule has 0 bridgehead atoms. The van der Waals surface area contributed by atoms with E-state index in [2.05, 4.69) is 0 Å². The molecule has 0 atom stereocenters. The molecule has 15 heavy (non-hydrogen) atoms. The van der Waals surface area contributed by atoms with Gasteiger partial charge in [-0.3, -0.25) is 0 Å². The Morgan fingerprint density at radius 3 is 2.87 bits per heavy atom. The van der Waals surface area contributed by atoms with Crippen molar-refractivity contribution in [3.63, 3.8) is 0 Å². The molecule has 4 nitrogen and oxygen atoms in total. The van der Waals surface area contributed by atoms with Crippen LogP contribution in [0.3, 0.4) is 0 Å². The summed E-state index contributed by atoms with van der Waals surface area (Å²) in [5.41, 5.74) is 6.15. The van der Waals surface area contributed by atoms with Gasteiger partial charge in [-0.2, -0.15) is 0 Å². The monoisotopic (exact) mass is 207 g/mol. The van der Waals surface area contributed by atoms with Crippen LogP contribution >= 0.6 is 0 Å². The zero-order valence-corrected chi connectivity index (χ0v) is 8.22. The lowest BCUT2D eigenvalue weighted by Gasteiger charge is -2.06. The summed E-state index contributed by atoms with van der Waals surface area (Å²) in [6.07, 6.45) is 3.58. The molecule has 0 fully saturated rings. The molecule has 80 valence electrons. The minimum Gasteiger partial charge on any atom is -0.481 e. The standard InChI is InChI=1S/C11H13NO3/c12-7-3-5-9-4-1-2-6-10(9)15-8-11(13)14/h1-6H,7-8,12H2,(H,13,14). The van der Waals surface area contributed by atoms with Crippen molar-refractivity contribution in [1.29, 1.82) is 0 Å². The molecule has 1 rings (SSSR count). The predicted octanol–water partition coefficient (Wildman–Crippen LogP) is 1.12. The quantitative estimate of drug-likeness (QED) is 0.759. The topological polar surface area (TPSA) is 72.5 Å². The average Bonchev–Trinajstić information content (AvgIpc) is 2.24. The van der Waals surface area contributed by atoms with E-state index in [0.717, 1.165) is 5.56 Å². The molecule has 0 amide bonds. The molecule has 0 unspecified atom stereocenters. The van der Waals surface area contributed by atoms with E-state index in [1.54, 1.807) is 24.3 Å². The molecule has 0 heterocycles. The number of carbonyl (C=O) groups is 1. The fourth-order valence-electron chi connectivity index (χ4n) is 1.08. The van der Waals surface area contributed by atoms with Crippen molar-refractivity contribution in [2.45, 2.75) is 0 Å². The third kappa shape index (κ3) is 3.83. The Kier molecular flexibility index (Phi) is 4.37. The van der Waals surface area contributed by atoms with Gasteiger partial charge in [0.05, 0.1) is 0 Å². The van der Waals surface area contributed by atoms with Crippen molar-refractivity contribution < 1.29 is 14.6 Å². The second kappa shape index (κ2) is 5.82. The van der Waals surface area contributed by atoms with Crippen molar-refractivity contribution in [3.8, 4) is 5.75 Å². The molecule has 0 saturated carbocycles. The maximum Gasteiger partial charge on any atom is 0.341 e. The van der Waals surface area contributed by atoms with Gasteiger partial charge in [-0.1, -0.05) is 30.4 Å². The van der Waals surface area contributed by atoms with Crippen LogP contribution in [-0.4, -0.2) is 24.2 Å². The van der Waals surface area contributed by atoms with Crippen LogP contribution in [0, 0.1) is 0 Å². The maximum absolute atomic E-state index is 10.3. The third-order valence-electron chi connectivity index (χ3n) is 1.70. The fourth-order valence-corrected chi connectivity index (χ4v) is 1.08. The molecular formula is C11H13NO3. The highest BCUT2D eigenvalue weighted by atomic mass is 16.5. The molecule has 0 saturated heterocycles. The number of rotatable bonds is 5. The van der Waals surface area contributed by atoms with E-state index in [1.165, 1.54) is 0 Å². The van der Waals surface area contributed by atoms with E-state index in [9.17, 15) is 4.79 Å². The van der Waals surface area contributed by atoms with Gasteiger partial charge in [0, 0.05) is 12.1 Å². The summed E-state index contributed by atoms with van der Waals surface area (Å²) in [6, 6.07) is 7.20. The minimum atomic E-state index is -0.993. The molecule has 1 aromatic carbocycles. The van der Waals surface area contributed by atoms with Crippen LogP contribution in [0.5, 0.6) is 5.75 Å². The first-order valence-electron chi connectivity index (χ1n) is 4.54. The van der Waals surface area contributed by atoms with Crippen molar-refractivity contribution in [1.82, 2.24) is 0 Å². The molecule has 0 radical (unpaired) electrons. The van der Waals surface area contributed by atoms with Crippen LogP contribution in [-0.2, 0) is 4.79 Å². The highest BCUT2D eigenvalue weighted by Gasteiger charge is 2.02. The van der Waals surface area contributed by atoms with E-state index in [0.29, 0.717) is 12.3 Å². The lowest BCUT2D eigenvalue weighted by Crippen LogP contribution is -2.09. The summed E-state index contributed by atoms with van der Waals surface area (Å²) in [6.45, 7) is 0.0980. The Morgan fingerprint density at radius 1 is 1.47 bits per heavy atom. The zero-order valence-electron chi connectivity index (χ0n) is 8.22. The summed E-state index contributed by atoms with van der Waals surface area (Å²) < 4.78 is 5.10. The number of aliphatic carboxylic acids is 1. The Labute approximate surface area is 88.0 Å². The molecule has 4 heteroatoms. The summed E-state index contributed by atoms with van der Waals surface area (Å²) in [5.74, 6) is -0.447. The summed E-state index contributed by atoms with van der Waals surface area (Å²) in [7, 11) is 0. The number of hydrogen-bond donors (Lipinski definition) is 2. The fraction of sp³-hybridized carbons (Fsp3) is 0.182. The van der Waals surface area contributed by atoms with Crippen LogP contribution in [0.4, 0.5) is 0 Å². The van der Waals surface area contributed by atoms with Gasteiger partial charge in [-0.25, -0.2) is 4.79 Å². The first-order chi connectivity index (χ1) is 7.24. The van der Waals surface area contributed by atoms with Gasteiger partial charge in [0.1, 0.15) is 5.75 Å². The Bertz CT molecular complexity index is 361. The van der Waals surface area contributed by atoms with Gasteiger partial charge in [-0.15, -0.1) is 0 Å². The van der Waals surface area contributed by atoms with E-state index < -0.39 is 5.97 Å². The number of carboxylic acid groups (broad SMARTS) is 1. The van der Waals surface area contributed by atoms with Crippen LogP contribution in [0.2, 0.25) is 0 Å². The van der Waals surface area contributed by atoms with E-state index in [-0.39, 0.29) is 6.61 Å². The van der Waals surface area contributed by atoms with E-state index in [4.69, 9.17) is 15.6 Å². The van der Waals surface area contributed by atoms with Crippen molar-refractivity contribution in [3.05, 3.63) is 35.9 Å². The Morgan fingerprint density at radius 2 is 2.20 bits per heavy atom. The second-order valence-corrected chi connectivity index (χ2v) is 2.86. The van der Waals surface area contributed by atoms with Crippen molar-refractivity contribution in [2.24, 2.45) is 5.73 Å². The number of carboxylic acids is 1. The SMILES string of the molecule is NCC=Cc1ccccc1OCC(=O)O. The van der Waals surface area contributed by atoms with Gasteiger partial charge in [0.15, 0.2) is 6.61 Å². The second-order valence-electron chi connectivity index (χ2n) is 2.86. The van der Waals surface area contributed by atoms with Gasteiger partial charge in [-0.05, 0) is 6.07 Å². The molecule has 0 aliphatic carbocycles. The van der Waals surface area contributed by atoms with E-state index >= 15 is 0 Å². The van der Waals surface area contributed by atoms with Crippen LogP contribution < -0.4 is 10.5 Å². The van der Waals surface area contributed by atoms with Crippen molar-refractivity contribution in [2.75, 3.05) is 13.2 Å². The van der Waals surface area contributed by atoms with Gasteiger partial charge >= 0.3 is 5.97 Å². The summed E-state index contributed by atoms with van der Waals surface area (Å²) in [4.78, 5) is 10.3. The highest BCUT2D eigenvalue weighted by Crippen LogP contribution is 2.19. The molecular weight excluding hydrogens is 194 g/mol. The first-order valence-corrected chi connectivity index (χ1v) is 4.54. The predicted molar refractivity (Wildman–Crippen MR) is 57.7 cm³/mol. The largest absolute Gasteiger partial charge is 0.481 e. The molecule has 1 aromatic rings. The van der Waals surface area contributed by atoms with Gasteiger partial charge < -0.3 is 15.6 Å². The van der Waals surface area contributed by atoms with Gasteiger partial charge in [0.2, 0.25) is 0 Å². The van der Waals surface area contributed by atoms with E-state index in [1.807, 2.05) is 12.1 Å². The smallest absolute Gasteiger partial charge is 0.341 e. The zero-order chi connectivity index (χ0) is 11.1. The van der Waals surface area contributed by atoms with Crippen LogP contribution in [0.25, 0.3) is 6.08 Å². The Hall–Kier alpha value is -1.81. The normalized spacial score (nSPS) is 10.5. The first kappa shape index (κ1) is 11.3. The average molecular weight is 207 g/mol. The Balaban J connectivity index is 2.76. The number of benzene rings is 1. The van der Waals surface area contributed by atoms with Crippen molar-refractivity contribution >= 4 is 12.0 Å². The number of hydrogen-bond acceptors (Lipinski definition) is 3. The molecule has 3 N–H and O–H groups in total. The van der Waals surface area contributed by atoms with Crippen LogP contribution in [0.1, 0.15) is 5.56 Å². The summed E-state index contributed by atoms with van der Waals surface area (Å²) >= 11 is 0. The number of nitrogens with two attached hydrogens (primary N) is 1. The maximum atomic E-state index is 10.3. The molecule has 0 spiro atoms. The molecule has 0 aliphatic heterocycles. The molecule has 0 aliphatic rings.